The van der Waals surface area contributed by atoms with Gasteiger partial charge in [0.15, 0.2) is 0 Å². The Bertz CT molecular complexity index is 447. The Hall–Kier alpha value is -1.22. The van der Waals surface area contributed by atoms with Crippen molar-refractivity contribution in [2.24, 2.45) is 0 Å². The molecule has 0 saturated carbocycles. The molecule has 0 heterocycles. The summed E-state index contributed by atoms with van der Waals surface area (Å²) in [4.78, 5) is 27.5. The quantitative estimate of drug-likeness (QED) is 0.332. The smallest absolute Gasteiger partial charge is 0.307 e. The summed E-state index contributed by atoms with van der Waals surface area (Å²) in [7, 11) is 6.05. The predicted molar refractivity (Wildman–Crippen MR) is 113 cm³/mol. The lowest BCUT2D eigenvalue weighted by Gasteiger charge is -2.21. The minimum atomic E-state index is -0.315. The first-order valence-corrected chi connectivity index (χ1v) is 10.6. The van der Waals surface area contributed by atoms with Crippen molar-refractivity contribution in [2.45, 2.75) is 65.3 Å². The molecule has 0 aliphatic rings. The van der Waals surface area contributed by atoms with Crippen molar-refractivity contribution in [1.82, 2.24) is 9.80 Å². The van der Waals surface area contributed by atoms with Crippen LogP contribution in [-0.4, -0.2) is 101 Å². The second-order valence-corrected chi connectivity index (χ2v) is 7.88. The van der Waals surface area contributed by atoms with E-state index in [-0.39, 0.29) is 36.9 Å². The Morgan fingerprint density at radius 1 is 0.759 bits per heavy atom. The van der Waals surface area contributed by atoms with Crippen molar-refractivity contribution < 1.29 is 28.5 Å². The molecule has 0 fully saturated rings. The lowest BCUT2D eigenvalue weighted by atomic mass is 10.3. The van der Waals surface area contributed by atoms with E-state index < -0.39 is 0 Å². The lowest BCUT2D eigenvalue weighted by molar-refractivity contribution is -0.154. The number of nitrogens with zero attached hydrogens (tertiary/aromatic N) is 2. The van der Waals surface area contributed by atoms with Crippen molar-refractivity contribution >= 4 is 11.9 Å². The molecule has 0 rings (SSSR count). The highest BCUT2D eigenvalue weighted by molar-refractivity contribution is 5.69. The molecular formula is C21H42N2O6. The number of carbonyl (C=O) groups excluding carboxylic acids is 2. The maximum Gasteiger partial charge on any atom is 0.307 e. The van der Waals surface area contributed by atoms with Gasteiger partial charge in [-0.05, 0) is 48.3 Å². The van der Waals surface area contributed by atoms with E-state index >= 15 is 0 Å². The fourth-order valence-electron chi connectivity index (χ4n) is 2.26. The van der Waals surface area contributed by atoms with Crippen LogP contribution in [0.1, 0.15) is 47.0 Å². The van der Waals surface area contributed by atoms with Crippen LogP contribution in [0.5, 0.6) is 0 Å². The summed E-state index contributed by atoms with van der Waals surface area (Å²) in [6.45, 7) is 11.0. The zero-order valence-corrected chi connectivity index (χ0v) is 19.4. The van der Waals surface area contributed by atoms with Gasteiger partial charge in [-0.15, -0.1) is 0 Å². The molecule has 0 spiro atoms. The molecule has 29 heavy (non-hydrogen) atoms. The van der Waals surface area contributed by atoms with E-state index in [9.17, 15) is 9.59 Å². The predicted octanol–water partition coefficient (Wildman–Crippen LogP) is 1.96. The van der Waals surface area contributed by atoms with Crippen LogP contribution in [-0.2, 0) is 28.5 Å². The molecule has 8 heteroatoms. The fraction of sp³-hybridized carbons (Fsp3) is 0.905. The normalized spacial score (nSPS) is 14.7. The van der Waals surface area contributed by atoms with E-state index in [1.807, 2.05) is 48.8 Å². The lowest BCUT2D eigenvalue weighted by Crippen LogP contribution is -2.31. The molecule has 8 nitrogen and oxygen atoms in total. The van der Waals surface area contributed by atoms with Crippen LogP contribution in [0, 0.1) is 0 Å². The van der Waals surface area contributed by atoms with Crippen LogP contribution in [0.2, 0.25) is 0 Å². The van der Waals surface area contributed by atoms with E-state index in [2.05, 4.69) is 9.80 Å². The van der Waals surface area contributed by atoms with Crippen molar-refractivity contribution in [3.63, 3.8) is 0 Å². The summed E-state index contributed by atoms with van der Waals surface area (Å²) in [6.07, 6.45) is 0.902. The van der Waals surface area contributed by atoms with Gasteiger partial charge in [0.05, 0.1) is 31.8 Å². The molecule has 3 atom stereocenters. The van der Waals surface area contributed by atoms with E-state index in [1.165, 1.54) is 0 Å². The Labute approximate surface area is 176 Å². The topological polar surface area (TPSA) is 77.5 Å². The first-order chi connectivity index (χ1) is 13.6. The van der Waals surface area contributed by atoms with Crippen LogP contribution in [0.15, 0.2) is 0 Å². The first-order valence-electron chi connectivity index (χ1n) is 10.6. The van der Waals surface area contributed by atoms with Gasteiger partial charge in [0.2, 0.25) is 0 Å². The molecule has 0 aromatic rings. The second kappa shape index (κ2) is 16.6. The van der Waals surface area contributed by atoms with Crippen molar-refractivity contribution in [2.75, 3.05) is 60.6 Å². The Kier molecular flexibility index (Phi) is 15.9. The standard InChI is InChI=1S/C21H42N2O6/c1-8-9-20(24)28-15-18(3)26-14-17(2)27-16-19(4)29-21(25)10-11-23(7)13-12-22(5)6/h17-19H,8-16H2,1-7H3. The number of ether oxygens (including phenoxy) is 4. The highest BCUT2D eigenvalue weighted by Gasteiger charge is 2.14. The fourth-order valence-corrected chi connectivity index (χ4v) is 2.26. The number of hydrogen-bond donors (Lipinski definition) is 0. The van der Waals surface area contributed by atoms with Gasteiger partial charge in [-0.1, -0.05) is 6.92 Å². The molecule has 0 bridgehead atoms. The van der Waals surface area contributed by atoms with E-state index in [0.29, 0.717) is 32.6 Å². The van der Waals surface area contributed by atoms with Crippen molar-refractivity contribution in [1.29, 1.82) is 0 Å². The summed E-state index contributed by atoms with van der Waals surface area (Å²) in [5, 5.41) is 0. The van der Waals surface area contributed by atoms with Gasteiger partial charge >= 0.3 is 11.9 Å². The molecule has 0 amide bonds. The molecule has 3 unspecified atom stereocenters. The third-order valence-electron chi connectivity index (χ3n) is 4.12. The second-order valence-electron chi connectivity index (χ2n) is 7.88. The van der Waals surface area contributed by atoms with Crippen molar-refractivity contribution in [3.8, 4) is 0 Å². The summed E-state index contributed by atoms with van der Waals surface area (Å²) in [5.74, 6) is -0.420. The first kappa shape index (κ1) is 27.8. The maximum absolute atomic E-state index is 11.9. The SMILES string of the molecule is CCCC(=O)OCC(C)OCC(C)OCC(C)OC(=O)CCN(C)CCN(C)C. The highest BCUT2D eigenvalue weighted by atomic mass is 16.6. The molecule has 0 aliphatic heterocycles. The van der Waals surface area contributed by atoms with Crippen LogP contribution in [0.4, 0.5) is 0 Å². The summed E-state index contributed by atoms with van der Waals surface area (Å²) in [6, 6.07) is 0. The zero-order valence-electron chi connectivity index (χ0n) is 19.4. The molecule has 0 saturated heterocycles. The summed E-state index contributed by atoms with van der Waals surface area (Å²) in [5.41, 5.74) is 0. The van der Waals surface area contributed by atoms with Crippen LogP contribution in [0.25, 0.3) is 0 Å². The molecule has 0 radical (unpaired) electrons. The molecule has 0 aromatic heterocycles. The van der Waals surface area contributed by atoms with Crippen LogP contribution in [0.3, 0.4) is 0 Å². The Morgan fingerprint density at radius 2 is 1.34 bits per heavy atom. The molecule has 0 aromatic carbocycles. The van der Waals surface area contributed by atoms with Gasteiger partial charge in [0.1, 0.15) is 12.7 Å². The van der Waals surface area contributed by atoms with Gasteiger partial charge in [-0.25, -0.2) is 0 Å². The van der Waals surface area contributed by atoms with Crippen molar-refractivity contribution in [3.05, 3.63) is 0 Å². The minimum Gasteiger partial charge on any atom is -0.463 e. The average Bonchev–Trinajstić information content (AvgIpc) is 2.66. The number of likely N-dealkylation sites (N-methyl/N-ethyl adjacent to an activating group) is 2. The van der Waals surface area contributed by atoms with Gasteiger partial charge in [0.25, 0.3) is 0 Å². The molecule has 0 N–H and O–H groups in total. The molecule has 0 aliphatic carbocycles. The third-order valence-corrected chi connectivity index (χ3v) is 4.12. The average molecular weight is 419 g/mol. The van der Waals surface area contributed by atoms with Gasteiger partial charge in [-0.3, -0.25) is 9.59 Å². The highest BCUT2D eigenvalue weighted by Crippen LogP contribution is 2.03. The number of esters is 2. The van der Waals surface area contributed by atoms with Gasteiger partial charge in [0, 0.05) is 26.1 Å². The zero-order chi connectivity index (χ0) is 22.2. The Morgan fingerprint density at radius 3 is 1.93 bits per heavy atom. The van der Waals surface area contributed by atoms with Gasteiger partial charge in [-0.2, -0.15) is 0 Å². The number of carbonyl (C=O) groups is 2. The van der Waals surface area contributed by atoms with E-state index in [1.54, 1.807) is 0 Å². The summed E-state index contributed by atoms with van der Waals surface area (Å²) < 4.78 is 21.8. The molecule has 172 valence electrons. The van der Waals surface area contributed by atoms with Crippen LogP contribution >= 0.6 is 0 Å². The van der Waals surface area contributed by atoms with Gasteiger partial charge < -0.3 is 28.7 Å². The maximum atomic E-state index is 11.9. The van der Waals surface area contributed by atoms with E-state index in [0.717, 1.165) is 19.5 Å². The molecular weight excluding hydrogens is 376 g/mol. The number of rotatable bonds is 17. The third kappa shape index (κ3) is 17.4. The van der Waals surface area contributed by atoms with E-state index in [4.69, 9.17) is 18.9 Å². The largest absolute Gasteiger partial charge is 0.463 e. The summed E-state index contributed by atoms with van der Waals surface area (Å²) >= 11 is 0. The van der Waals surface area contributed by atoms with Crippen LogP contribution < -0.4 is 0 Å². The Balaban J connectivity index is 3.85. The number of hydrogen-bond acceptors (Lipinski definition) is 8. The monoisotopic (exact) mass is 418 g/mol. The minimum absolute atomic E-state index is 0.151.